The van der Waals surface area contributed by atoms with Crippen molar-refractivity contribution in [2.24, 2.45) is 0 Å². The summed E-state index contributed by atoms with van der Waals surface area (Å²) in [5, 5.41) is 3.64. The summed E-state index contributed by atoms with van der Waals surface area (Å²) < 4.78 is 23.9. The van der Waals surface area contributed by atoms with Crippen LogP contribution in [0.4, 0.5) is 0 Å². The molecule has 0 aromatic carbocycles. The quantitative estimate of drug-likeness (QED) is 0.746. The van der Waals surface area contributed by atoms with Crippen molar-refractivity contribution < 1.29 is 8.42 Å². The second kappa shape index (κ2) is 7.76. The Morgan fingerprint density at radius 1 is 1.20 bits per heavy atom. The van der Waals surface area contributed by atoms with Gasteiger partial charge >= 0.3 is 0 Å². The zero-order valence-corrected chi connectivity index (χ0v) is 14.4. The first-order valence-electron chi connectivity index (χ1n) is 8.05. The predicted octanol–water partition coefficient (Wildman–Crippen LogP) is 2.05. The van der Waals surface area contributed by atoms with Crippen LogP contribution in [0.5, 0.6) is 0 Å². The van der Waals surface area contributed by atoms with Crippen LogP contribution in [0.15, 0.2) is 0 Å². The van der Waals surface area contributed by atoms with Crippen LogP contribution in [-0.2, 0) is 9.84 Å². The second-order valence-electron chi connectivity index (χ2n) is 6.36. The molecule has 4 nitrogen and oxygen atoms in total. The third-order valence-corrected chi connectivity index (χ3v) is 6.27. The molecule has 0 aromatic rings. The van der Waals surface area contributed by atoms with Crippen molar-refractivity contribution in [2.45, 2.75) is 65.0 Å². The van der Waals surface area contributed by atoms with Gasteiger partial charge in [0.1, 0.15) is 0 Å². The van der Waals surface area contributed by atoms with Crippen LogP contribution >= 0.6 is 0 Å². The lowest BCUT2D eigenvalue weighted by Crippen LogP contribution is -2.63. The average molecular weight is 305 g/mol. The van der Waals surface area contributed by atoms with Crippen molar-refractivity contribution in [1.29, 1.82) is 0 Å². The van der Waals surface area contributed by atoms with Crippen molar-refractivity contribution in [3.63, 3.8) is 0 Å². The molecule has 1 rings (SSSR count). The zero-order chi connectivity index (χ0) is 15.2. The van der Waals surface area contributed by atoms with E-state index in [2.05, 4.69) is 31.0 Å². The molecule has 1 N–H and O–H groups in total. The van der Waals surface area contributed by atoms with Gasteiger partial charge in [0.15, 0.2) is 9.84 Å². The van der Waals surface area contributed by atoms with Crippen molar-refractivity contribution in [3.8, 4) is 0 Å². The van der Waals surface area contributed by atoms with Crippen LogP contribution in [0.2, 0.25) is 0 Å². The van der Waals surface area contributed by atoms with Gasteiger partial charge in [0, 0.05) is 37.0 Å². The lowest BCUT2D eigenvalue weighted by molar-refractivity contribution is 0.0849. The molecule has 0 amide bonds. The average Bonchev–Trinajstić information content (AvgIpc) is 2.39. The highest BCUT2D eigenvalue weighted by Crippen LogP contribution is 2.21. The topological polar surface area (TPSA) is 49.4 Å². The van der Waals surface area contributed by atoms with Crippen LogP contribution in [0.3, 0.4) is 0 Å². The minimum atomic E-state index is -2.88. The van der Waals surface area contributed by atoms with Gasteiger partial charge in [-0.15, -0.1) is 0 Å². The molecular formula is C15H32N2O2S. The molecule has 1 saturated heterocycles. The van der Waals surface area contributed by atoms with E-state index >= 15 is 0 Å². The molecule has 5 heteroatoms. The first-order chi connectivity index (χ1) is 9.36. The monoisotopic (exact) mass is 304 g/mol. The van der Waals surface area contributed by atoms with Crippen LogP contribution in [0.25, 0.3) is 0 Å². The highest BCUT2D eigenvalue weighted by Gasteiger charge is 2.34. The largest absolute Gasteiger partial charge is 0.309 e. The van der Waals surface area contributed by atoms with Crippen LogP contribution in [0, 0.1) is 0 Å². The third kappa shape index (κ3) is 5.34. The summed E-state index contributed by atoms with van der Waals surface area (Å²) in [5.41, 5.74) is 0.124. The maximum atomic E-state index is 11.9. The molecule has 0 radical (unpaired) electrons. The van der Waals surface area contributed by atoms with E-state index < -0.39 is 9.84 Å². The number of piperazine rings is 1. The van der Waals surface area contributed by atoms with Gasteiger partial charge in [0.2, 0.25) is 0 Å². The number of rotatable bonds is 8. The number of nitrogens with one attached hydrogen (secondary N) is 1. The molecular weight excluding hydrogens is 272 g/mol. The number of nitrogens with zero attached hydrogens (tertiary/aromatic N) is 1. The molecule has 1 fully saturated rings. The summed E-state index contributed by atoms with van der Waals surface area (Å²) in [6, 6.07) is 0.483. The molecule has 0 spiro atoms. The van der Waals surface area contributed by atoms with E-state index in [1.807, 2.05) is 6.92 Å². The Labute approximate surface area is 125 Å². The van der Waals surface area contributed by atoms with Gasteiger partial charge in [-0.3, -0.25) is 4.90 Å². The fraction of sp³-hybridized carbons (Fsp3) is 1.00. The summed E-state index contributed by atoms with van der Waals surface area (Å²) in [6.07, 6.45) is 4.08. The Morgan fingerprint density at radius 3 is 2.45 bits per heavy atom. The van der Waals surface area contributed by atoms with Gasteiger partial charge in [0.25, 0.3) is 0 Å². The van der Waals surface area contributed by atoms with Crippen molar-refractivity contribution >= 4 is 9.84 Å². The molecule has 20 heavy (non-hydrogen) atoms. The van der Waals surface area contributed by atoms with Crippen molar-refractivity contribution in [1.82, 2.24) is 10.2 Å². The first-order valence-corrected chi connectivity index (χ1v) is 9.87. The molecule has 0 aromatic heterocycles. The highest BCUT2D eigenvalue weighted by atomic mass is 32.2. The van der Waals surface area contributed by atoms with Crippen molar-refractivity contribution in [3.05, 3.63) is 0 Å². The van der Waals surface area contributed by atoms with Gasteiger partial charge < -0.3 is 5.32 Å². The molecule has 1 heterocycles. The zero-order valence-electron chi connectivity index (χ0n) is 13.6. The molecule has 1 aliphatic heterocycles. The Morgan fingerprint density at radius 2 is 1.90 bits per heavy atom. The number of hydrogen-bond acceptors (Lipinski definition) is 4. The number of sulfone groups is 1. The minimum absolute atomic E-state index is 0.124. The Hall–Kier alpha value is -0.130. The third-order valence-electron chi connectivity index (χ3n) is 4.44. The fourth-order valence-electron chi connectivity index (χ4n) is 2.91. The minimum Gasteiger partial charge on any atom is -0.309 e. The van der Waals surface area contributed by atoms with Gasteiger partial charge in [-0.2, -0.15) is 0 Å². The van der Waals surface area contributed by atoms with Gasteiger partial charge in [-0.25, -0.2) is 8.42 Å². The molecule has 0 aliphatic carbocycles. The Bertz CT molecular complexity index is 383. The lowest BCUT2D eigenvalue weighted by atomic mass is 9.92. The fourth-order valence-corrected chi connectivity index (χ4v) is 4.25. The molecule has 0 bridgehead atoms. The molecule has 120 valence electrons. The van der Waals surface area contributed by atoms with E-state index in [-0.39, 0.29) is 5.54 Å². The molecule has 2 unspecified atom stereocenters. The SMILES string of the molecule is CCCC1CNC(C)(CC)CN1CCS(=O)(=O)CCC. The van der Waals surface area contributed by atoms with Crippen LogP contribution in [0.1, 0.15) is 53.4 Å². The summed E-state index contributed by atoms with van der Waals surface area (Å²) >= 11 is 0. The second-order valence-corrected chi connectivity index (χ2v) is 8.66. The Balaban J connectivity index is 2.65. The van der Waals surface area contributed by atoms with Gasteiger partial charge in [-0.05, 0) is 26.2 Å². The summed E-state index contributed by atoms with van der Waals surface area (Å²) in [5.74, 6) is 0.628. The standard InChI is InChI=1S/C15H32N2O2S/c1-5-8-14-12-16-15(4,7-3)13-17(14)9-11-20(18,19)10-6-2/h14,16H,5-13H2,1-4H3. The number of hydrogen-bond donors (Lipinski definition) is 1. The van der Waals surface area contributed by atoms with Crippen molar-refractivity contribution in [2.75, 3.05) is 31.1 Å². The van der Waals surface area contributed by atoms with E-state index in [4.69, 9.17) is 0 Å². The highest BCUT2D eigenvalue weighted by molar-refractivity contribution is 7.91. The van der Waals surface area contributed by atoms with Gasteiger partial charge in [0.05, 0.1) is 5.75 Å². The Kier molecular flexibility index (Phi) is 6.95. The summed E-state index contributed by atoms with van der Waals surface area (Å²) in [4.78, 5) is 2.40. The molecule has 1 aliphatic rings. The predicted molar refractivity (Wildman–Crippen MR) is 85.9 cm³/mol. The normalized spacial score (nSPS) is 28.7. The van der Waals surface area contributed by atoms with E-state index in [0.717, 1.165) is 38.8 Å². The first kappa shape index (κ1) is 17.9. The molecule has 0 saturated carbocycles. The maximum absolute atomic E-state index is 11.9. The van der Waals surface area contributed by atoms with Gasteiger partial charge in [-0.1, -0.05) is 27.2 Å². The van der Waals surface area contributed by atoms with E-state index in [0.29, 0.717) is 24.1 Å². The van der Waals surface area contributed by atoms with Crippen LogP contribution < -0.4 is 5.32 Å². The lowest BCUT2D eigenvalue weighted by Gasteiger charge is -2.46. The molecule has 2 atom stereocenters. The van der Waals surface area contributed by atoms with E-state index in [9.17, 15) is 8.42 Å². The summed E-state index contributed by atoms with van der Waals surface area (Å²) in [7, 11) is -2.88. The summed E-state index contributed by atoms with van der Waals surface area (Å²) in [6.45, 7) is 11.2. The van der Waals surface area contributed by atoms with Crippen LogP contribution in [-0.4, -0.2) is 56.0 Å². The maximum Gasteiger partial charge on any atom is 0.151 e. The van der Waals surface area contributed by atoms with E-state index in [1.165, 1.54) is 0 Å². The smallest absolute Gasteiger partial charge is 0.151 e. The van der Waals surface area contributed by atoms with E-state index in [1.54, 1.807) is 0 Å².